The number of aryl methyl sites for hydroxylation is 1. The predicted molar refractivity (Wildman–Crippen MR) is 130 cm³/mol. The van der Waals surface area contributed by atoms with Gasteiger partial charge >= 0.3 is 0 Å². The fourth-order valence-electron chi connectivity index (χ4n) is 4.47. The SMILES string of the molecule is Cn1c(SCC(=O)N2CCCc3cc(S(=O)(=O)N4CCCC4)ccc32)nnc1-c1ccncc1. The van der Waals surface area contributed by atoms with E-state index in [1.807, 2.05) is 23.7 Å². The minimum Gasteiger partial charge on any atom is -0.311 e. The van der Waals surface area contributed by atoms with Crippen molar-refractivity contribution in [3.8, 4) is 11.4 Å². The standard InChI is InChI=1S/C23H26N6O3S2/c1-27-22(17-8-10-24-11-9-17)25-26-23(27)33-16-21(30)29-14-4-5-18-15-19(6-7-20(18)29)34(31,32)28-12-2-3-13-28/h6-11,15H,2-5,12-14,16H2,1H3. The summed E-state index contributed by atoms with van der Waals surface area (Å²) >= 11 is 1.34. The van der Waals surface area contributed by atoms with Crippen LogP contribution in [-0.2, 0) is 28.3 Å². The first-order chi connectivity index (χ1) is 16.4. The number of thioether (sulfide) groups is 1. The Kier molecular flexibility index (Phi) is 6.41. The fraction of sp³-hybridized carbons (Fsp3) is 0.391. The molecule has 0 N–H and O–H groups in total. The zero-order chi connectivity index (χ0) is 23.7. The molecule has 1 fully saturated rings. The van der Waals surface area contributed by atoms with Crippen LogP contribution in [0.5, 0.6) is 0 Å². The molecule has 0 saturated carbocycles. The normalized spacial score (nSPS) is 16.6. The van der Waals surface area contributed by atoms with Gasteiger partial charge in [-0.05, 0) is 61.6 Å². The summed E-state index contributed by atoms with van der Waals surface area (Å²) < 4.78 is 29.3. The quantitative estimate of drug-likeness (QED) is 0.482. The lowest BCUT2D eigenvalue weighted by Gasteiger charge is -2.30. The molecule has 0 radical (unpaired) electrons. The molecule has 0 unspecified atom stereocenters. The molecular weight excluding hydrogens is 472 g/mol. The molecule has 178 valence electrons. The van der Waals surface area contributed by atoms with Gasteiger partial charge in [-0.1, -0.05) is 11.8 Å². The Balaban J connectivity index is 1.30. The molecule has 0 bridgehead atoms. The van der Waals surface area contributed by atoms with Crippen molar-refractivity contribution < 1.29 is 13.2 Å². The van der Waals surface area contributed by atoms with Crippen molar-refractivity contribution in [3.05, 3.63) is 48.3 Å². The van der Waals surface area contributed by atoms with Gasteiger partial charge in [-0.3, -0.25) is 9.78 Å². The number of hydrogen-bond donors (Lipinski definition) is 0. The molecule has 2 aliphatic rings. The summed E-state index contributed by atoms with van der Waals surface area (Å²) in [4.78, 5) is 19.2. The molecule has 0 aliphatic carbocycles. The highest BCUT2D eigenvalue weighted by Gasteiger charge is 2.30. The Morgan fingerprint density at radius 3 is 2.56 bits per heavy atom. The highest BCUT2D eigenvalue weighted by atomic mass is 32.2. The predicted octanol–water partition coefficient (Wildman–Crippen LogP) is 2.73. The van der Waals surface area contributed by atoms with Crippen molar-refractivity contribution in [2.24, 2.45) is 7.05 Å². The number of aromatic nitrogens is 4. The van der Waals surface area contributed by atoms with Crippen molar-refractivity contribution in [2.45, 2.75) is 35.7 Å². The summed E-state index contributed by atoms with van der Waals surface area (Å²) in [6.45, 7) is 1.77. The minimum absolute atomic E-state index is 0.0328. The van der Waals surface area contributed by atoms with E-state index in [-0.39, 0.29) is 11.7 Å². The summed E-state index contributed by atoms with van der Waals surface area (Å²) in [6.07, 6.45) is 6.77. The summed E-state index contributed by atoms with van der Waals surface area (Å²) in [7, 11) is -1.60. The van der Waals surface area contributed by atoms with Crippen LogP contribution in [-0.4, -0.2) is 63.8 Å². The minimum atomic E-state index is -3.48. The second-order valence-electron chi connectivity index (χ2n) is 8.44. The smallest absolute Gasteiger partial charge is 0.243 e. The highest BCUT2D eigenvalue weighted by molar-refractivity contribution is 7.99. The van der Waals surface area contributed by atoms with Gasteiger partial charge in [0.2, 0.25) is 15.9 Å². The van der Waals surface area contributed by atoms with Crippen LogP contribution < -0.4 is 4.90 Å². The van der Waals surface area contributed by atoms with Crippen molar-refractivity contribution in [2.75, 3.05) is 30.3 Å². The molecule has 0 spiro atoms. The summed E-state index contributed by atoms with van der Waals surface area (Å²) in [6, 6.07) is 8.90. The monoisotopic (exact) mass is 498 g/mol. The average molecular weight is 499 g/mol. The second-order valence-corrected chi connectivity index (χ2v) is 11.3. The molecule has 3 aromatic rings. The lowest BCUT2D eigenvalue weighted by Crippen LogP contribution is -2.37. The maximum absolute atomic E-state index is 13.1. The molecule has 1 amide bonds. The molecule has 5 rings (SSSR count). The van der Waals surface area contributed by atoms with Gasteiger partial charge in [-0.15, -0.1) is 10.2 Å². The molecular formula is C23H26N6O3S2. The van der Waals surface area contributed by atoms with E-state index < -0.39 is 10.0 Å². The van der Waals surface area contributed by atoms with Crippen LogP contribution in [0.1, 0.15) is 24.8 Å². The maximum atomic E-state index is 13.1. The Morgan fingerprint density at radius 2 is 1.79 bits per heavy atom. The molecule has 2 aliphatic heterocycles. The zero-order valence-electron chi connectivity index (χ0n) is 18.9. The van der Waals surface area contributed by atoms with Gasteiger partial charge in [0.1, 0.15) is 0 Å². The molecule has 11 heteroatoms. The first kappa shape index (κ1) is 23.0. The number of carbonyl (C=O) groups is 1. The number of anilines is 1. The third-order valence-corrected chi connectivity index (χ3v) is 9.17. The van der Waals surface area contributed by atoms with Crippen molar-refractivity contribution in [1.29, 1.82) is 0 Å². The van der Waals surface area contributed by atoms with Gasteiger partial charge in [0.25, 0.3) is 0 Å². The van der Waals surface area contributed by atoms with Gasteiger partial charge in [-0.25, -0.2) is 8.42 Å². The number of fused-ring (bicyclic) bond motifs is 1. The van der Waals surface area contributed by atoms with Crippen LogP contribution in [0.3, 0.4) is 0 Å². The Hall–Kier alpha value is -2.76. The van der Waals surface area contributed by atoms with Gasteiger partial charge in [0.15, 0.2) is 11.0 Å². The number of pyridine rings is 1. The average Bonchev–Trinajstić information content (AvgIpc) is 3.53. The summed E-state index contributed by atoms with van der Waals surface area (Å²) in [5, 5.41) is 9.16. The zero-order valence-corrected chi connectivity index (χ0v) is 20.6. The van der Waals surface area contributed by atoms with E-state index in [4.69, 9.17) is 0 Å². The van der Waals surface area contributed by atoms with Crippen LogP contribution in [0.25, 0.3) is 11.4 Å². The number of amides is 1. The van der Waals surface area contributed by atoms with Crippen molar-refractivity contribution in [3.63, 3.8) is 0 Å². The van der Waals surface area contributed by atoms with Gasteiger partial charge in [0.05, 0.1) is 10.6 Å². The van der Waals surface area contributed by atoms with E-state index in [1.165, 1.54) is 11.8 Å². The third kappa shape index (κ3) is 4.35. The number of carbonyl (C=O) groups excluding carboxylic acids is 1. The van der Waals surface area contributed by atoms with Crippen LogP contribution >= 0.6 is 11.8 Å². The summed E-state index contributed by atoms with van der Waals surface area (Å²) in [5.74, 6) is 0.900. The van der Waals surface area contributed by atoms with Crippen molar-refractivity contribution >= 4 is 33.4 Å². The fourth-order valence-corrected chi connectivity index (χ4v) is 6.82. The van der Waals surface area contributed by atoms with E-state index >= 15 is 0 Å². The first-order valence-electron chi connectivity index (χ1n) is 11.3. The molecule has 0 atom stereocenters. The topological polar surface area (TPSA) is 101 Å². The Bertz CT molecular complexity index is 1300. The molecule has 1 saturated heterocycles. The second kappa shape index (κ2) is 9.47. The number of benzene rings is 1. The molecule has 2 aromatic heterocycles. The van der Waals surface area contributed by atoms with E-state index in [0.29, 0.717) is 35.5 Å². The lowest BCUT2D eigenvalue weighted by molar-refractivity contribution is -0.116. The van der Waals surface area contributed by atoms with Gasteiger partial charge in [-0.2, -0.15) is 4.31 Å². The van der Waals surface area contributed by atoms with E-state index in [1.54, 1.807) is 39.8 Å². The highest BCUT2D eigenvalue weighted by Crippen LogP contribution is 2.32. The number of nitrogens with zero attached hydrogens (tertiary/aromatic N) is 6. The number of rotatable bonds is 6. The third-order valence-electron chi connectivity index (χ3n) is 6.27. The number of hydrogen-bond acceptors (Lipinski definition) is 7. The van der Waals surface area contributed by atoms with Crippen LogP contribution in [0, 0.1) is 0 Å². The molecule has 4 heterocycles. The van der Waals surface area contributed by atoms with E-state index in [9.17, 15) is 13.2 Å². The Labute approximate surface area is 203 Å². The molecule has 9 nitrogen and oxygen atoms in total. The van der Waals surface area contributed by atoms with E-state index in [2.05, 4.69) is 15.2 Å². The molecule has 34 heavy (non-hydrogen) atoms. The van der Waals surface area contributed by atoms with Crippen LogP contribution in [0.4, 0.5) is 5.69 Å². The van der Waals surface area contributed by atoms with Crippen LogP contribution in [0.2, 0.25) is 0 Å². The van der Waals surface area contributed by atoms with Gasteiger partial charge in [0, 0.05) is 50.3 Å². The number of sulfonamides is 1. The summed E-state index contributed by atoms with van der Waals surface area (Å²) in [5.41, 5.74) is 2.61. The first-order valence-corrected chi connectivity index (χ1v) is 13.7. The molecule has 1 aromatic carbocycles. The van der Waals surface area contributed by atoms with Gasteiger partial charge < -0.3 is 9.47 Å². The van der Waals surface area contributed by atoms with E-state index in [0.717, 1.165) is 42.5 Å². The van der Waals surface area contributed by atoms with Crippen LogP contribution in [0.15, 0.2) is 52.8 Å². The van der Waals surface area contributed by atoms with Crippen molar-refractivity contribution in [1.82, 2.24) is 24.1 Å². The largest absolute Gasteiger partial charge is 0.311 e. The Morgan fingerprint density at radius 1 is 1.03 bits per heavy atom. The lowest BCUT2D eigenvalue weighted by atomic mass is 10.0. The maximum Gasteiger partial charge on any atom is 0.243 e.